The Bertz CT molecular complexity index is 777. The minimum atomic E-state index is 0.0683. The number of rotatable bonds is 3. The Morgan fingerprint density at radius 2 is 1.74 bits per heavy atom. The second-order valence-corrected chi connectivity index (χ2v) is 5.68. The van der Waals surface area contributed by atoms with Gasteiger partial charge in [-0.15, -0.1) is 0 Å². The fourth-order valence-electron chi connectivity index (χ4n) is 2.99. The highest BCUT2D eigenvalue weighted by Gasteiger charge is 2.28. The first-order chi connectivity index (χ1) is 11.3. The van der Waals surface area contributed by atoms with Crippen molar-refractivity contribution in [1.82, 2.24) is 24.5 Å². The van der Waals surface area contributed by atoms with Crippen LogP contribution < -0.4 is 0 Å². The van der Waals surface area contributed by atoms with Crippen LogP contribution in [0.2, 0.25) is 0 Å². The molecule has 3 heterocycles. The van der Waals surface area contributed by atoms with E-state index in [2.05, 4.69) is 10.2 Å². The van der Waals surface area contributed by atoms with Crippen LogP contribution in [0.3, 0.4) is 0 Å². The largest absolute Gasteiger partial charge is 0.336 e. The van der Waals surface area contributed by atoms with E-state index in [-0.39, 0.29) is 11.9 Å². The average Bonchev–Trinajstić information content (AvgIpc) is 3.36. The standard InChI is InChI=1S/C17H17N5O/c23-17(21-12-7-16(13-21)22-18-8-9-19-22)14-3-5-15(6-4-14)20-10-1-2-11-20/h1-6,8-11,16H,7,12-13H2. The summed E-state index contributed by atoms with van der Waals surface area (Å²) in [5, 5.41) is 8.34. The molecule has 0 radical (unpaired) electrons. The van der Waals surface area contributed by atoms with Crippen molar-refractivity contribution < 1.29 is 4.79 Å². The number of hydrogen-bond donors (Lipinski definition) is 0. The van der Waals surface area contributed by atoms with Gasteiger partial charge < -0.3 is 9.47 Å². The zero-order valence-corrected chi connectivity index (χ0v) is 12.6. The lowest BCUT2D eigenvalue weighted by atomic mass is 10.2. The summed E-state index contributed by atoms with van der Waals surface area (Å²) in [6.07, 6.45) is 8.20. The summed E-state index contributed by atoms with van der Waals surface area (Å²) < 4.78 is 2.02. The van der Waals surface area contributed by atoms with Gasteiger partial charge in [-0.1, -0.05) is 0 Å². The van der Waals surface area contributed by atoms with E-state index in [9.17, 15) is 4.79 Å². The molecular formula is C17H17N5O. The van der Waals surface area contributed by atoms with Gasteiger partial charge in [-0.05, 0) is 42.8 Å². The van der Waals surface area contributed by atoms with Gasteiger partial charge in [0.1, 0.15) is 0 Å². The highest BCUT2D eigenvalue weighted by molar-refractivity contribution is 5.94. The Morgan fingerprint density at radius 1 is 1.04 bits per heavy atom. The Kier molecular flexibility index (Phi) is 3.42. The van der Waals surface area contributed by atoms with Gasteiger partial charge in [-0.2, -0.15) is 15.0 Å². The fourth-order valence-corrected chi connectivity index (χ4v) is 2.99. The van der Waals surface area contributed by atoms with E-state index in [4.69, 9.17) is 0 Å². The Hall–Kier alpha value is -2.89. The molecule has 1 saturated heterocycles. The number of hydrogen-bond acceptors (Lipinski definition) is 3. The van der Waals surface area contributed by atoms with Crippen LogP contribution in [-0.2, 0) is 0 Å². The summed E-state index contributed by atoms with van der Waals surface area (Å²) in [6, 6.07) is 11.8. The molecule has 3 aromatic rings. The van der Waals surface area contributed by atoms with Gasteiger partial charge in [0.05, 0.1) is 18.4 Å². The molecule has 0 saturated carbocycles. The summed E-state index contributed by atoms with van der Waals surface area (Å²) in [5.41, 5.74) is 1.77. The van der Waals surface area contributed by atoms with Gasteiger partial charge >= 0.3 is 0 Å². The molecule has 6 nitrogen and oxygen atoms in total. The number of benzene rings is 1. The second kappa shape index (κ2) is 5.72. The van der Waals surface area contributed by atoms with Crippen molar-refractivity contribution in [3.63, 3.8) is 0 Å². The summed E-state index contributed by atoms with van der Waals surface area (Å²) in [4.78, 5) is 16.2. The minimum absolute atomic E-state index is 0.0683. The molecule has 0 bridgehead atoms. The molecule has 1 unspecified atom stereocenters. The topological polar surface area (TPSA) is 56.0 Å². The molecule has 0 spiro atoms. The molecule has 1 fully saturated rings. The zero-order valence-electron chi connectivity index (χ0n) is 12.6. The molecule has 4 rings (SSSR count). The third-order valence-electron chi connectivity index (χ3n) is 4.23. The maximum atomic E-state index is 12.6. The molecule has 1 aliphatic rings. The smallest absolute Gasteiger partial charge is 0.253 e. The van der Waals surface area contributed by atoms with Crippen LogP contribution in [0.25, 0.3) is 5.69 Å². The number of amides is 1. The molecule has 2 aromatic heterocycles. The van der Waals surface area contributed by atoms with Gasteiger partial charge in [-0.25, -0.2) is 0 Å². The molecular weight excluding hydrogens is 290 g/mol. The van der Waals surface area contributed by atoms with Crippen LogP contribution in [0.15, 0.2) is 61.2 Å². The van der Waals surface area contributed by atoms with Crippen LogP contribution >= 0.6 is 0 Å². The molecule has 1 atom stereocenters. The van der Waals surface area contributed by atoms with Crippen LogP contribution in [0.1, 0.15) is 22.8 Å². The Morgan fingerprint density at radius 3 is 2.43 bits per heavy atom. The molecule has 23 heavy (non-hydrogen) atoms. The van der Waals surface area contributed by atoms with Crippen LogP contribution in [0.5, 0.6) is 0 Å². The number of nitrogens with zero attached hydrogens (tertiary/aromatic N) is 5. The van der Waals surface area contributed by atoms with Crippen LogP contribution in [0, 0.1) is 0 Å². The SMILES string of the molecule is O=C(c1ccc(-n2cccc2)cc1)N1CCC(n2nccn2)C1. The number of carbonyl (C=O) groups is 1. The van der Waals surface area contributed by atoms with E-state index in [0.717, 1.165) is 24.2 Å². The maximum absolute atomic E-state index is 12.6. The van der Waals surface area contributed by atoms with Crippen molar-refractivity contribution in [3.8, 4) is 5.69 Å². The second-order valence-electron chi connectivity index (χ2n) is 5.68. The fraction of sp³-hybridized carbons (Fsp3) is 0.235. The Balaban J connectivity index is 1.47. The molecule has 0 aliphatic carbocycles. The number of likely N-dealkylation sites (tertiary alicyclic amines) is 1. The zero-order chi connectivity index (χ0) is 15.6. The quantitative estimate of drug-likeness (QED) is 0.745. The first kappa shape index (κ1) is 13.8. The van der Waals surface area contributed by atoms with Gasteiger partial charge in [0.15, 0.2) is 0 Å². The van der Waals surface area contributed by atoms with Crippen molar-refractivity contribution in [2.24, 2.45) is 0 Å². The van der Waals surface area contributed by atoms with Crippen LogP contribution in [-0.4, -0.2) is 43.5 Å². The predicted molar refractivity (Wildman–Crippen MR) is 85.3 cm³/mol. The first-order valence-electron chi connectivity index (χ1n) is 7.70. The van der Waals surface area contributed by atoms with Crippen molar-refractivity contribution in [3.05, 3.63) is 66.7 Å². The van der Waals surface area contributed by atoms with E-state index in [1.165, 1.54) is 0 Å². The summed E-state index contributed by atoms with van der Waals surface area (Å²) in [6.45, 7) is 1.40. The minimum Gasteiger partial charge on any atom is -0.336 e. The van der Waals surface area contributed by atoms with Crippen molar-refractivity contribution >= 4 is 5.91 Å². The maximum Gasteiger partial charge on any atom is 0.253 e. The third-order valence-corrected chi connectivity index (χ3v) is 4.23. The lowest BCUT2D eigenvalue weighted by molar-refractivity contribution is 0.0786. The third kappa shape index (κ3) is 2.63. The summed E-state index contributed by atoms with van der Waals surface area (Å²) >= 11 is 0. The van der Waals surface area contributed by atoms with E-state index in [1.54, 1.807) is 17.2 Å². The lowest BCUT2D eigenvalue weighted by Gasteiger charge is -2.16. The highest BCUT2D eigenvalue weighted by atomic mass is 16.2. The van der Waals surface area contributed by atoms with E-state index < -0.39 is 0 Å². The lowest BCUT2D eigenvalue weighted by Crippen LogP contribution is -2.29. The van der Waals surface area contributed by atoms with Crippen molar-refractivity contribution in [2.75, 3.05) is 13.1 Å². The molecule has 1 aromatic carbocycles. The van der Waals surface area contributed by atoms with Gasteiger partial charge in [-0.3, -0.25) is 4.79 Å². The molecule has 116 valence electrons. The van der Waals surface area contributed by atoms with E-state index >= 15 is 0 Å². The molecule has 6 heteroatoms. The van der Waals surface area contributed by atoms with E-state index in [0.29, 0.717) is 6.54 Å². The summed E-state index contributed by atoms with van der Waals surface area (Å²) in [7, 11) is 0. The highest BCUT2D eigenvalue weighted by Crippen LogP contribution is 2.22. The van der Waals surface area contributed by atoms with Gasteiger partial charge in [0.2, 0.25) is 0 Å². The predicted octanol–water partition coefficient (Wildman–Crippen LogP) is 2.16. The summed E-state index contributed by atoms with van der Waals surface area (Å²) in [5.74, 6) is 0.0683. The number of aromatic nitrogens is 4. The van der Waals surface area contributed by atoms with Crippen LogP contribution in [0.4, 0.5) is 0 Å². The van der Waals surface area contributed by atoms with Gasteiger partial charge in [0, 0.05) is 36.7 Å². The average molecular weight is 307 g/mol. The van der Waals surface area contributed by atoms with Gasteiger partial charge in [0.25, 0.3) is 5.91 Å². The molecule has 0 N–H and O–H groups in total. The first-order valence-corrected chi connectivity index (χ1v) is 7.70. The normalized spacial score (nSPS) is 17.6. The molecule has 1 amide bonds. The van der Waals surface area contributed by atoms with Crippen molar-refractivity contribution in [1.29, 1.82) is 0 Å². The molecule has 1 aliphatic heterocycles. The monoisotopic (exact) mass is 307 g/mol. The van der Waals surface area contributed by atoms with E-state index in [1.807, 2.05) is 58.3 Å². The van der Waals surface area contributed by atoms with Crippen molar-refractivity contribution in [2.45, 2.75) is 12.5 Å². The number of carbonyl (C=O) groups excluding carboxylic acids is 1. The Labute approximate surface area is 134 Å².